The molecule has 0 saturated carbocycles. The third-order valence-corrected chi connectivity index (χ3v) is 0.928. The molecule has 2 N–H and O–H groups in total. The highest BCUT2D eigenvalue weighted by Gasteiger charge is 1.96. The summed E-state index contributed by atoms with van der Waals surface area (Å²) < 4.78 is 6.79. The molecule has 1 unspecified atom stereocenters. The number of rotatable bonds is 3. The van der Waals surface area contributed by atoms with Gasteiger partial charge in [-0.2, -0.15) is 5.26 Å². The molecule has 0 amide bonds. The van der Waals surface area contributed by atoms with Crippen molar-refractivity contribution in [3.8, 4) is 6.07 Å². The first kappa shape index (κ1) is 5.58. The van der Waals surface area contributed by atoms with Crippen molar-refractivity contribution >= 4 is 0 Å². The van der Waals surface area contributed by atoms with E-state index in [-0.39, 0.29) is 6.04 Å². The molecular weight excluding hydrogens is 100 g/mol. The fourth-order valence-corrected chi connectivity index (χ4v) is 0.482. The maximum Gasteiger partial charge on any atom is 0.0638 e. The van der Waals surface area contributed by atoms with Crippen LogP contribution in [0, 0.1) is 11.3 Å². The number of nitrogens with zero attached hydrogens (tertiary/aromatic N) is 1. The zero-order chi connectivity index (χ0) is 7.11. The Balaban J connectivity index is 3.08. The number of hydrogen-bond acceptors (Lipinski definition) is 2. The minimum atomic E-state index is -0.0136. The van der Waals surface area contributed by atoms with Crippen LogP contribution >= 0.6 is 0 Å². The van der Waals surface area contributed by atoms with Gasteiger partial charge in [-0.25, -0.2) is 0 Å². The van der Waals surface area contributed by atoms with Crippen LogP contribution in [-0.4, -0.2) is 6.04 Å². The van der Waals surface area contributed by atoms with Gasteiger partial charge in [0.05, 0.1) is 12.5 Å². The minimum Gasteiger partial charge on any atom is -0.327 e. The normalized spacial score (nSPS) is 14.2. The SMILES string of the molecule is [3H]CCCC(N)CC#N. The van der Waals surface area contributed by atoms with E-state index in [9.17, 15) is 0 Å². The lowest BCUT2D eigenvalue weighted by Gasteiger charge is -2.01. The van der Waals surface area contributed by atoms with Crippen molar-refractivity contribution in [1.82, 2.24) is 0 Å². The fourth-order valence-electron chi connectivity index (χ4n) is 0.482. The molecule has 0 bridgehead atoms. The first-order chi connectivity index (χ1) is 4.31. The molecule has 0 aromatic heterocycles. The van der Waals surface area contributed by atoms with E-state index in [2.05, 4.69) is 0 Å². The molecule has 1 atom stereocenters. The van der Waals surface area contributed by atoms with Crippen LogP contribution in [0.4, 0.5) is 0 Å². The Kier molecular flexibility index (Phi) is 3.21. The van der Waals surface area contributed by atoms with Crippen molar-refractivity contribution in [3.05, 3.63) is 0 Å². The molecule has 0 saturated heterocycles. The van der Waals surface area contributed by atoms with E-state index in [4.69, 9.17) is 12.4 Å². The first-order valence-electron chi connectivity index (χ1n) is 3.43. The standard InChI is InChI=1S/C6H12N2/c1-2-3-6(8)4-5-7/h6H,2-4,8H2,1H3/i1T. The van der Waals surface area contributed by atoms with Gasteiger partial charge in [0.2, 0.25) is 0 Å². The molecule has 0 fully saturated rings. The molecule has 46 valence electrons. The van der Waals surface area contributed by atoms with Crippen molar-refractivity contribution in [2.24, 2.45) is 5.73 Å². The summed E-state index contributed by atoms with van der Waals surface area (Å²) in [6, 6.07) is 1.98. The van der Waals surface area contributed by atoms with Crippen LogP contribution in [0.2, 0.25) is 0 Å². The maximum absolute atomic E-state index is 8.16. The van der Waals surface area contributed by atoms with E-state index in [0.29, 0.717) is 13.3 Å². The second-order valence-corrected chi connectivity index (χ2v) is 1.76. The molecule has 0 aliphatic rings. The first-order valence-corrected chi connectivity index (χ1v) is 2.73. The van der Waals surface area contributed by atoms with Gasteiger partial charge in [0, 0.05) is 7.41 Å². The summed E-state index contributed by atoms with van der Waals surface area (Å²) in [6.07, 6.45) is 2.03. The summed E-state index contributed by atoms with van der Waals surface area (Å²) in [7, 11) is 0. The number of hydrogen-bond donors (Lipinski definition) is 1. The summed E-state index contributed by atoms with van der Waals surface area (Å²) in [6.45, 7) is 0.416. The van der Waals surface area contributed by atoms with E-state index in [1.807, 2.05) is 6.07 Å². The van der Waals surface area contributed by atoms with Gasteiger partial charge in [-0.15, -0.1) is 0 Å². The van der Waals surface area contributed by atoms with Gasteiger partial charge in [0.15, 0.2) is 0 Å². The van der Waals surface area contributed by atoms with Crippen molar-refractivity contribution in [2.45, 2.75) is 32.2 Å². The molecular formula is C6H12N2. The monoisotopic (exact) mass is 114 g/mol. The molecule has 0 rings (SSSR count). The third-order valence-electron chi connectivity index (χ3n) is 0.928. The topological polar surface area (TPSA) is 49.8 Å². The predicted molar refractivity (Wildman–Crippen MR) is 33.1 cm³/mol. The zero-order valence-electron chi connectivity index (χ0n) is 5.93. The van der Waals surface area contributed by atoms with E-state index < -0.39 is 0 Å². The van der Waals surface area contributed by atoms with Crippen LogP contribution in [0.1, 0.15) is 27.5 Å². The second-order valence-electron chi connectivity index (χ2n) is 1.76. The molecule has 0 radical (unpaired) electrons. The van der Waals surface area contributed by atoms with Crippen molar-refractivity contribution in [3.63, 3.8) is 0 Å². The van der Waals surface area contributed by atoms with Gasteiger partial charge in [-0.3, -0.25) is 0 Å². The molecule has 2 nitrogen and oxygen atoms in total. The van der Waals surface area contributed by atoms with Gasteiger partial charge < -0.3 is 5.73 Å². The summed E-state index contributed by atoms with van der Waals surface area (Å²) in [5, 5.41) is 8.16. The van der Waals surface area contributed by atoms with Crippen molar-refractivity contribution < 1.29 is 1.37 Å². The average Bonchev–Trinajstić information content (AvgIpc) is 1.85. The van der Waals surface area contributed by atoms with E-state index in [1.54, 1.807) is 0 Å². The van der Waals surface area contributed by atoms with Gasteiger partial charge >= 0.3 is 0 Å². The molecule has 0 aromatic rings. The van der Waals surface area contributed by atoms with Crippen molar-refractivity contribution in [2.75, 3.05) is 0 Å². The Morgan fingerprint density at radius 2 is 2.75 bits per heavy atom. The van der Waals surface area contributed by atoms with Crippen molar-refractivity contribution in [1.29, 1.82) is 5.26 Å². The number of nitrogens with two attached hydrogens (primary N) is 1. The van der Waals surface area contributed by atoms with Crippen LogP contribution < -0.4 is 5.73 Å². The summed E-state index contributed by atoms with van der Waals surface area (Å²) in [5.41, 5.74) is 5.46. The van der Waals surface area contributed by atoms with Gasteiger partial charge in [-0.1, -0.05) is 13.3 Å². The second kappa shape index (κ2) is 4.61. The van der Waals surface area contributed by atoms with Crippen LogP contribution in [-0.2, 0) is 0 Å². The van der Waals surface area contributed by atoms with Gasteiger partial charge in [0.25, 0.3) is 0 Å². The molecule has 2 heteroatoms. The van der Waals surface area contributed by atoms with E-state index in [0.717, 1.165) is 12.8 Å². The molecule has 0 aliphatic carbocycles. The van der Waals surface area contributed by atoms with Crippen LogP contribution in [0.15, 0.2) is 0 Å². The summed E-state index contributed by atoms with van der Waals surface area (Å²) in [5.74, 6) is 0. The van der Waals surface area contributed by atoms with E-state index in [1.165, 1.54) is 0 Å². The molecule has 0 aromatic carbocycles. The lowest BCUT2D eigenvalue weighted by molar-refractivity contribution is 0.615. The quantitative estimate of drug-likeness (QED) is 0.595. The summed E-state index contributed by atoms with van der Waals surface area (Å²) in [4.78, 5) is 0. The third kappa shape index (κ3) is 3.63. The van der Waals surface area contributed by atoms with Crippen LogP contribution in [0.3, 0.4) is 0 Å². The smallest absolute Gasteiger partial charge is 0.0638 e. The van der Waals surface area contributed by atoms with Crippen LogP contribution in [0.25, 0.3) is 0 Å². The average molecular weight is 114 g/mol. The molecule has 0 aliphatic heterocycles. The van der Waals surface area contributed by atoms with Gasteiger partial charge in [-0.05, 0) is 6.42 Å². The van der Waals surface area contributed by atoms with Crippen LogP contribution in [0.5, 0.6) is 0 Å². The predicted octanol–water partition coefficient (Wildman–Crippen LogP) is 1.03. The lowest BCUT2D eigenvalue weighted by Crippen LogP contribution is -2.17. The molecule has 8 heavy (non-hydrogen) atoms. The van der Waals surface area contributed by atoms with E-state index >= 15 is 0 Å². The highest BCUT2D eigenvalue weighted by molar-refractivity contribution is 4.77. The lowest BCUT2D eigenvalue weighted by atomic mass is 10.1. The Bertz CT molecular complexity index is 97.7. The highest BCUT2D eigenvalue weighted by Crippen LogP contribution is 1.95. The fraction of sp³-hybridized carbons (Fsp3) is 0.833. The Morgan fingerprint density at radius 1 is 2.00 bits per heavy atom. The zero-order valence-corrected chi connectivity index (χ0v) is 4.93. The largest absolute Gasteiger partial charge is 0.327 e. The van der Waals surface area contributed by atoms with Gasteiger partial charge in [0.1, 0.15) is 0 Å². The summed E-state index contributed by atoms with van der Waals surface area (Å²) >= 11 is 0. The maximum atomic E-state index is 8.16. The minimum absolute atomic E-state index is 0.0136. The Hall–Kier alpha value is -0.550. The number of nitriles is 1. The molecule has 0 spiro atoms. The molecule has 0 heterocycles. The Labute approximate surface area is 51.7 Å². The highest BCUT2D eigenvalue weighted by atomic mass is 14.6. The Morgan fingerprint density at radius 3 is 3.25 bits per heavy atom.